The number of piperidine rings is 1. The fourth-order valence-corrected chi connectivity index (χ4v) is 6.40. The van der Waals surface area contributed by atoms with E-state index in [0.717, 1.165) is 27.5 Å². The van der Waals surface area contributed by atoms with Crippen molar-refractivity contribution >= 4 is 33.4 Å². The van der Waals surface area contributed by atoms with E-state index in [1.165, 1.54) is 11.0 Å². The number of thiophene rings is 1. The Morgan fingerprint density at radius 2 is 1.77 bits per heavy atom. The second-order valence-corrected chi connectivity index (χ2v) is 12.3. The molecule has 2 heterocycles. The predicted octanol–water partition coefficient (Wildman–Crippen LogP) is 4.19. The van der Waals surface area contributed by atoms with Crippen molar-refractivity contribution in [1.82, 2.24) is 9.62 Å². The summed E-state index contributed by atoms with van der Waals surface area (Å²) < 4.78 is 39.3. The Kier molecular flexibility index (Phi) is 8.45. The third kappa shape index (κ3) is 7.18. The van der Waals surface area contributed by atoms with E-state index in [2.05, 4.69) is 4.72 Å². The van der Waals surface area contributed by atoms with Gasteiger partial charge in [-0.1, -0.05) is 0 Å². The SMILES string of the molecule is CCOc1ccc(-c2ccc(S(=O)(=O)NC(C(=O)O)C3CCN(C(=O)OC(C)(C)C)CC3)s2)cc1. The molecule has 1 aromatic carbocycles. The summed E-state index contributed by atoms with van der Waals surface area (Å²) in [6, 6.07) is 9.20. The number of aliphatic carboxylic acids is 1. The smallest absolute Gasteiger partial charge is 0.410 e. The van der Waals surface area contributed by atoms with E-state index in [0.29, 0.717) is 32.5 Å². The summed E-state index contributed by atoms with van der Waals surface area (Å²) in [4.78, 5) is 26.5. The highest BCUT2D eigenvalue weighted by molar-refractivity contribution is 7.91. The zero-order valence-electron chi connectivity index (χ0n) is 20.3. The van der Waals surface area contributed by atoms with Gasteiger partial charge in [0.1, 0.15) is 21.6 Å². The first-order valence-electron chi connectivity index (χ1n) is 11.5. The van der Waals surface area contributed by atoms with Crippen LogP contribution < -0.4 is 9.46 Å². The highest BCUT2D eigenvalue weighted by atomic mass is 32.2. The number of sulfonamides is 1. The average Bonchev–Trinajstić information content (AvgIpc) is 3.28. The Hall–Kier alpha value is -2.63. The molecule has 35 heavy (non-hydrogen) atoms. The van der Waals surface area contributed by atoms with Crippen molar-refractivity contribution in [2.45, 2.75) is 56.4 Å². The van der Waals surface area contributed by atoms with E-state index >= 15 is 0 Å². The third-order valence-electron chi connectivity index (χ3n) is 5.51. The molecule has 1 aliphatic heterocycles. The Labute approximate surface area is 210 Å². The van der Waals surface area contributed by atoms with E-state index in [1.807, 2.05) is 31.2 Å². The number of rotatable bonds is 8. The van der Waals surface area contributed by atoms with Gasteiger partial charge in [-0.3, -0.25) is 4.79 Å². The number of carbonyl (C=O) groups excluding carboxylic acids is 1. The molecule has 1 unspecified atom stereocenters. The number of carboxylic acid groups (broad SMARTS) is 1. The first kappa shape index (κ1) is 27.0. The van der Waals surface area contributed by atoms with Crippen LogP contribution in [0.2, 0.25) is 0 Å². The van der Waals surface area contributed by atoms with Crippen LogP contribution in [-0.4, -0.2) is 61.8 Å². The van der Waals surface area contributed by atoms with Crippen LogP contribution in [0.25, 0.3) is 10.4 Å². The maximum absolute atomic E-state index is 13.0. The number of nitrogens with zero attached hydrogens (tertiary/aromatic N) is 1. The lowest BCUT2D eigenvalue weighted by molar-refractivity contribution is -0.140. The number of likely N-dealkylation sites (tertiary alicyclic amines) is 1. The summed E-state index contributed by atoms with van der Waals surface area (Å²) >= 11 is 1.07. The molecule has 1 atom stereocenters. The molecule has 0 saturated carbocycles. The molecule has 0 spiro atoms. The van der Waals surface area contributed by atoms with E-state index in [9.17, 15) is 23.1 Å². The Bertz CT molecular complexity index is 1130. The van der Waals surface area contributed by atoms with Gasteiger partial charge in [0.05, 0.1) is 6.61 Å². The average molecular weight is 525 g/mol. The largest absolute Gasteiger partial charge is 0.494 e. The van der Waals surface area contributed by atoms with Crippen molar-refractivity contribution < 1.29 is 32.6 Å². The summed E-state index contributed by atoms with van der Waals surface area (Å²) in [6.45, 7) is 8.37. The van der Waals surface area contributed by atoms with Gasteiger partial charge < -0.3 is 19.5 Å². The molecule has 11 heteroatoms. The zero-order chi connectivity index (χ0) is 25.8. The van der Waals surface area contributed by atoms with Crippen molar-refractivity contribution in [3.63, 3.8) is 0 Å². The van der Waals surface area contributed by atoms with Gasteiger partial charge in [-0.25, -0.2) is 13.2 Å². The van der Waals surface area contributed by atoms with Crippen molar-refractivity contribution in [2.24, 2.45) is 5.92 Å². The highest BCUT2D eigenvalue weighted by Gasteiger charge is 2.37. The molecule has 1 saturated heterocycles. The van der Waals surface area contributed by atoms with Crippen LogP contribution in [0.5, 0.6) is 5.75 Å². The lowest BCUT2D eigenvalue weighted by Crippen LogP contribution is -2.50. The normalized spacial score (nSPS) is 16.1. The molecule has 0 bridgehead atoms. The number of amides is 1. The lowest BCUT2D eigenvalue weighted by Gasteiger charge is -2.35. The first-order valence-corrected chi connectivity index (χ1v) is 13.8. The Morgan fingerprint density at radius 3 is 2.31 bits per heavy atom. The quantitative estimate of drug-likeness (QED) is 0.531. The molecule has 2 aromatic rings. The number of benzene rings is 1. The van der Waals surface area contributed by atoms with E-state index in [4.69, 9.17) is 9.47 Å². The molecular weight excluding hydrogens is 492 g/mol. The van der Waals surface area contributed by atoms with Crippen LogP contribution in [0.15, 0.2) is 40.6 Å². The molecule has 9 nitrogen and oxygen atoms in total. The molecule has 0 aliphatic carbocycles. The predicted molar refractivity (Wildman–Crippen MR) is 133 cm³/mol. The monoisotopic (exact) mass is 524 g/mol. The van der Waals surface area contributed by atoms with Gasteiger partial charge >= 0.3 is 12.1 Å². The highest BCUT2D eigenvalue weighted by Crippen LogP contribution is 2.32. The van der Waals surface area contributed by atoms with Crippen LogP contribution in [0.3, 0.4) is 0 Å². The molecule has 2 N–H and O–H groups in total. The minimum Gasteiger partial charge on any atom is -0.494 e. The van der Waals surface area contributed by atoms with E-state index in [-0.39, 0.29) is 4.21 Å². The van der Waals surface area contributed by atoms with Gasteiger partial charge in [0.15, 0.2) is 0 Å². The van der Waals surface area contributed by atoms with Crippen molar-refractivity contribution in [3.05, 3.63) is 36.4 Å². The minimum absolute atomic E-state index is 0.0406. The van der Waals surface area contributed by atoms with E-state index in [1.54, 1.807) is 26.8 Å². The van der Waals surface area contributed by atoms with Crippen molar-refractivity contribution in [2.75, 3.05) is 19.7 Å². The van der Waals surface area contributed by atoms with Crippen molar-refractivity contribution in [3.8, 4) is 16.2 Å². The number of carboxylic acids is 1. The van der Waals surface area contributed by atoms with Crippen LogP contribution in [-0.2, 0) is 19.6 Å². The van der Waals surface area contributed by atoms with Gasteiger partial charge in [0.25, 0.3) is 10.0 Å². The van der Waals surface area contributed by atoms with Gasteiger partial charge in [0, 0.05) is 18.0 Å². The summed E-state index contributed by atoms with van der Waals surface area (Å²) in [5, 5.41) is 9.78. The summed E-state index contributed by atoms with van der Waals surface area (Å²) in [6.07, 6.45) is 0.241. The maximum atomic E-state index is 13.0. The van der Waals surface area contributed by atoms with E-state index < -0.39 is 39.6 Å². The zero-order valence-corrected chi connectivity index (χ0v) is 21.9. The molecule has 3 rings (SSSR count). The molecule has 1 fully saturated rings. The number of nitrogens with one attached hydrogen (secondary N) is 1. The number of hydrogen-bond donors (Lipinski definition) is 2. The molecular formula is C24H32N2O7S2. The van der Waals surface area contributed by atoms with Gasteiger partial charge in [-0.2, -0.15) is 4.72 Å². The van der Waals surface area contributed by atoms with Crippen molar-refractivity contribution in [1.29, 1.82) is 0 Å². The number of ether oxygens (including phenoxy) is 2. The number of hydrogen-bond acceptors (Lipinski definition) is 7. The minimum atomic E-state index is -4.05. The molecule has 1 amide bonds. The topological polar surface area (TPSA) is 122 Å². The summed E-state index contributed by atoms with van der Waals surface area (Å²) in [5.41, 5.74) is 0.210. The van der Waals surface area contributed by atoms with Gasteiger partial charge in [0.2, 0.25) is 0 Å². The molecule has 192 valence electrons. The fraction of sp³-hybridized carbons (Fsp3) is 0.500. The molecule has 1 aromatic heterocycles. The van der Waals surface area contributed by atoms with Crippen LogP contribution in [0, 0.1) is 5.92 Å². The van der Waals surface area contributed by atoms with Crippen LogP contribution in [0.1, 0.15) is 40.5 Å². The first-order chi connectivity index (χ1) is 16.4. The Balaban J connectivity index is 1.67. The lowest BCUT2D eigenvalue weighted by atomic mass is 9.90. The number of carbonyl (C=O) groups is 2. The fourth-order valence-electron chi connectivity index (χ4n) is 3.82. The molecule has 0 radical (unpaired) electrons. The van der Waals surface area contributed by atoms with Gasteiger partial charge in [-0.05, 0) is 88.4 Å². The standard InChI is InChI=1S/C24H32N2O7S2/c1-5-32-18-8-6-16(7-9-18)19-10-11-20(34-19)35(30,31)25-21(22(27)28)17-12-14-26(15-13-17)23(29)33-24(2,3)4/h6-11,17,21,25H,5,12-15H2,1-4H3,(H,27,28). The molecule has 1 aliphatic rings. The third-order valence-corrected chi connectivity index (χ3v) is 8.57. The van der Waals surface area contributed by atoms with Gasteiger partial charge in [-0.15, -0.1) is 11.3 Å². The van der Waals surface area contributed by atoms with Crippen LogP contribution in [0.4, 0.5) is 4.79 Å². The second kappa shape index (κ2) is 11.0. The Morgan fingerprint density at radius 1 is 1.14 bits per heavy atom. The van der Waals surface area contributed by atoms with Crippen LogP contribution >= 0.6 is 11.3 Å². The maximum Gasteiger partial charge on any atom is 0.410 e. The summed E-state index contributed by atoms with van der Waals surface area (Å²) in [7, 11) is -4.05. The second-order valence-electron chi connectivity index (χ2n) is 9.32. The summed E-state index contributed by atoms with van der Waals surface area (Å²) in [5.74, 6) is -0.969.